The summed E-state index contributed by atoms with van der Waals surface area (Å²) in [7, 11) is 2.24. The van der Waals surface area contributed by atoms with Crippen molar-refractivity contribution in [1.82, 2.24) is 4.40 Å². The van der Waals surface area contributed by atoms with E-state index in [0.717, 1.165) is 17.8 Å². The molecule has 0 aliphatic heterocycles. The molecular weight excluding hydrogens is 472 g/mol. The number of hydrogen-bond acceptors (Lipinski definition) is 0. The number of fused-ring (bicyclic) bond motifs is 5. The Morgan fingerprint density at radius 2 is 1.54 bits per heavy atom. The van der Waals surface area contributed by atoms with E-state index in [9.17, 15) is 0 Å². The van der Waals surface area contributed by atoms with Crippen LogP contribution in [0.1, 0.15) is 80.5 Å². The minimum Gasteiger partial charge on any atom is -0.307 e. The molecule has 0 saturated heterocycles. The van der Waals surface area contributed by atoms with Crippen LogP contribution in [-0.2, 0) is 12.5 Å². The molecule has 2 nitrogen and oxygen atoms in total. The molecule has 0 amide bonds. The lowest BCUT2D eigenvalue weighted by Gasteiger charge is -2.57. The summed E-state index contributed by atoms with van der Waals surface area (Å²) in [6, 6.07) is 17.4. The van der Waals surface area contributed by atoms with Crippen molar-refractivity contribution < 1.29 is 4.57 Å². The Hall–Kier alpha value is -3.13. The summed E-state index contributed by atoms with van der Waals surface area (Å²) < 4.78 is 5.05. The van der Waals surface area contributed by atoms with Gasteiger partial charge >= 0.3 is 0 Å². The van der Waals surface area contributed by atoms with Crippen molar-refractivity contribution >= 4 is 49.0 Å². The maximum Gasteiger partial charge on any atom is 0.224 e. The molecule has 4 bridgehead atoms. The zero-order chi connectivity index (χ0) is 26.4. The molecule has 4 aliphatic carbocycles. The molecule has 10 rings (SSSR count). The fourth-order valence-corrected chi connectivity index (χ4v) is 10.1. The fraction of sp³-hybridized carbons (Fsp3) is 0.432. The molecule has 0 radical (unpaired) electrons. The molecule has 2 heteroatoms. The SMILES string of the molecule is Cc1cc2c3cc(C(C)C)ccc3n3c4cc(C56CC7CC(CC(C7)C5)C6)cc5cc[n+](C)c(c(c1C)c23)c54. The second kappa shape index (κ2) is 7.33. The minimum absolute atomic E-state index is 0.383. The maximum absolute atomic E-state index is 2.66. The van der Waals surface area contributed by atoms with Crippen molar-refractivity contribution in [1.29, 1.82) is 0 Å². The molecule has 6 aromatic rings. The quantitative estimate of drug-likeness (QED) is 0.124. The van der Waals surface area contributed by atoms with E-state index in [1.807, 2.05) is 0 Å². The summed E-state index contributed by atoms with van der Waals surface area (Å²) in [6.45, 7) is 9.26. The van der Waals surface area contributed by atoms with E-state index in [-0.39, 0.29) is 0 Å². The number of nitrogens with zero attached hydrogens (tertiary/aromatic N) is 2. The van der Waals surface area contributed by atoms with E-state index < -0.39 is 0 Å². The molecule has 3 heterocycles. The molecule has 4 saturated carbocycles. The van der Waals surface area contributed by atoms with Crippen LogP contribution in [0.15, 0.2) is 48.7 Å². The van der Waals surface area contributed by atoms with E-state index in [1.54, 1.807) is 5.56 Å². The zero-order valence-corrected chi connectivity index (χ0v) is 24.1. The second-order valence-electron chi connectivity index (χ2n) is 14.3. The van der Waals surface area contributed by atoms with Gasteiger partial charge in [-0.1, -0.05) is 19.9 Å². The van der Waals surface area contributed by atoms with Gasteiger partial charge < -0.3 is 4.40 Å². The molecule has 0 atom stereocenters. The van der Waals surface area contributed by atoms with Crippen LogP contribution in [0.25, 0.3) is 49.0 Å². The molecule has 0 unspecified atom stereocenters. The number of rotatable bonds is 2. The first-order chi connectivity index (χ1) is 18.8. The van der Waals surface area contributed by atoms with E-state index >= 15 is 0 Å². The number of hydrogen-bond donors (Lipinski definition) is 0. The van der Waals surface area contributed by atoms with Crippen LogP contribution in [0.4, 0.5) is 0 Å². The van der Waals surface area contributed by atoms with Crippen molar-refractivity contribution in [2.24, 2.45) is 24.8 Å². The van der Waals surface area contributed by atoms with Gasteiger partial charge in [0, 0.05) is 16.8 Å². The first-order valence-corrected chi connectivity index (χ1v) is 15.4. The highest BCUT2D eigenvalue weighted by Crippen LogP contribution is 2.61. The molecule has 3 aromatic heterocycles. The van der Waals surface area contributed by atoms with Crippen LogP contribution >= 0.6 is 0 Å². The van der Waals surface area contributed by atoms with Gasteiger partial charge in [0.1, 0.15) is 7.05 Å². The van der Waals surface area contributed by atoms with Gasteiger partial charge in [0.25, 0.3) is 0 Å². The third kappa shape index (κ3) is 2.81. The van der Waals surface area contributed by atoms with Crippen molar-refractivity contribution in [2.75, 3.05) is 0 Å². The first-order valence-electron chi connectivity index (χ1n) is 15.4. The number of benzene rings is 3. The monoisotopic (exact) mass is 511 g/mol. The highest BCUT2D eigenvalue weighted by atomic mass is 15.0. The average Bonchev–Trinajstić information content (AvgIpc) is 3.22. The van der Waals surface area contributed by atoms with Gasteiger partial charge in [-0.15, -0.1) is 0 Å². The van der Waals surface area contributed by atoms with Gasteiger partial charge in [-0.25, -0.2) is 4.57 Å². The normalized spacial score (nSPS) is 26.6. The molecular formula is C37H39N2+. The predicted molar refractivity (Wildman–Crippen MR) is 163 cm³/mol. The Bertz CT molecular complexity index is 1970. The lowest BCUT2D eigenvalue weighted by molar-refractivity contribution is -0.643. The Labute approximate surface area is 231 Å². The van der Waals surface area contributed by atoms with Crippen molar-refractivity contribution in [3.63, 3.8) is 0 Å². The van der Waals surface area contributed by atoms with Gasteiger partial charge in [0.15, 0.2) is 6.20 Å². The fourth-order valence-electron chi connectivity index (χ4n) is 10.1. The molecule has 4 fully saturated rings. The highest BCUT2D eigenvalue weighted by Gasteiger charge is 2.51. The Kier molecular flexibility index (Phi) is 4.26. The van der Waals surface area contributed by atoms with E-state index in [1.165, 1.54) is 104 Å². The molecule has 4 aliphatic rings. The van der Waals surface area contributed by atoms with Crippen LogP contribution < -0.4 is 4.57 Å². The van der Waals surface area contributed by atoms with E-state index in [2.05, 4.69) is 92.4 Å². The number of aromatic nitrogens is 2. The van der Waals surface area contributed by atoms with Gasteiger partial charge in [0.2, 0.25) is 5.52 Å². The van der Waals surface area contributed by atoms with Gasteiger partial charge in [-0.05, 0) is 139 Å². The number of pyridine rings is 2. The molecule has 3 aromatic carbocycles. The van der Waals surface area contributed by atoms with E-state index in [0.29, 0.717) is 11.3 Å². The third-order valence-corrected chi connectivity index (χ3v) is 11.6. The van der Waals surface area contributed by atoms with Gasteiger partial charge in [-0.3, -0.25) is 0 Å². The summed E-state index contributed by atoms with van der Waals surface area (Å²) in [5.41, 5.74) is 11.8. The lowest BCUT2D eigenvalue weighted by Crippen LogP contribution is -2.48. The molecule has 0 spiro atoms. The van der Waals surface area contributed by atoms with Crippen LogP contribution in [0.3, 0.4) is 0 Å². The van der Waals surface area contributed by atoms with E-state index in [4.69, 9.17) is 0 Å². The van der Waals surface area contributed by atoms with Gasteiger partial charge in [0.05, 0.1) is 27.3 Å². The molecule has 0 N–H and O–H groups in total. The first kappa shape index (κ1) is 22.7. The zero-order valence-electron chi connectivity index (χ0n) is 24.1. The smallest absolute Gasteiger partial charge is 0.224 e. The maximum atomic E-state index is 2.66. The third-order valence-electron chi connectivity index (χ3n) is 11.6. The van der Waals surface area contributed by atoms with Crippen molar-refractivity contribution in [3.05, 3.63) is 70.9 Å². The summed E-state index contributed by atoms with van der Waals surface area (Å²) in [5.74, 6) is 3.37. The summed E-state index contributed by atoms with van der Waals surface area (Å²) >= 11 is 0. The molecule has 39 heavy (non-hydrogen) atoms. The number of aryl methyl sites for hydroxylation is 3. The largest absolute Gasteiger partial charge is 0.307 e. The Balaban J connectivity index is 1.49. The van der Waals surface area contributed by atoms with Crippen LogP contribution in [0.2, 0.25) is 0 Å². The van der Waals surface area contributed by atoms with Crippen LogP contribution in [-0.4, -0.2) is 4.40 Å². The Morgan fingerprint density at radius 1 is 0.821 bits per heavy atom. The van der Waals surface area contributed by atoms with Crippen LogP contribution in [0.5, 0.6) is 0 Å². The van der Waals surface area contributed by atoms with Crippen LogP contribution in [0, 0.1) is 31.6 Å². The minimum atomic E-state index is 0.383. The molecule has 196 valence electrons. The predicted octanol–water partition coefficient (Wildman–Crippen LogP) is 9.02. The summed E-state index contributed by atoms with van der Waals surface area (Å²) in [6.07, 6.45) is 11.0. The van der Waals surface area contributed by atoms with Gasteiger partial charge in [-0.2, -0.15) is 0 Å². The second-order valence-corrected chi connectivity index (χ2v) is 14.3. The summed E-state index contributed by atoms with van der Waals surface area (Å²) in [5, 5.41) is 7.10. The highest BCUT2D eigenvalue weighted by molar-refractivity contribution is 6.26. The van der Waals surface area contributed by atoms with Crippen molar-refractivity contribution in [3.8, 4) is 0 Å². The topological polar surface area (TPSA) is 8.29 Å². The average molecular weight is 512 g/mol. The lowest BCUT2D eigenvalue weighted by atomic mass is 9.48. The summed E-state index contributed by atoms with van der Waals surface area (Å²) in [4.78, 5) is 0. The Morgan fingerprint density at radius 3 is 2.23 bits per heavy atom. The standard InChI is InChI=1S/C37H39N2/c1-20(2)26-6-7-31-29(15-26)30-10-21(3)22(4)33-35(30)39(31)32-16-28(14-27-8-9-38(5)36(33)34(27)32)37-17-23-11-24(18-37)13-25(12-23)19-37/h6-10,14-16,20,23-25H,11-13,17-19H2,1-5H3/q+1. The van der Waals surface area contributed by atoms with Crippen molar-refractivity contribution in [2.45, 2.75) is 77.6 Å².